The summed E-state index contributed by atoms with van der Waals surface area (Å²) in [5, 5.41) is 7.16. The number of likely N-dealkylation sites (N-methyl/N-ethyl adjacent to an activating group) is 2. The van der Waals surface area contributed by atoms with Crippen LogP contribution in [-0.2, 0) is 11.8 Å². The van der Waals surface area contributed by atoms with E-state index in [4.69, 9.17) is 0 Å². The van der Waals surface area contributed by atoms with Crippen molar-refractivity contribution >= 4 is 18.3 Å². The number of aryl methyl sites for hydroxylation is 1. The van der Waals surface area contributed by atoms with Crippen molar-refractivity contribution in [1.82, 2.24) is 20.0 Å². The number of hydrogen-bond acceptors (Lipinski definition) is 3. The van der Waals surface area contributed by atoms with Crippen molar-refractivity contribution in [3.63, 3.8) is 0 Å². The van der Waals surface area contributed by atoms with E-state index in [0.29, 0.717) is 0 Å². The molecule has 0 aromatic carbocycles. The van der Waals surface area contributed by atoms with Gasteiger partial charge in [-0.25, -0.2) is 0 Å². The Kier molecular flexibility index (Phi) is 6.52. The zero-order valence-corrected chi connectivity index (χ0v) is 13.4. The molecule has 1 atom stereocenters. The number of nitrogens with one attached hydrogen (secondary N) is 1. The van der Waals surface area contributed by atoms with Gasteiger partial charge in [0.2, 0.25) is 5.91 Å². The van der Waals surface area contributed by atoms with Gasteiger partial charge in [-0.1, -0.05) is 20.8 Å². The van der Waals surface area contributed by atoms with Crippen molar-refractivity contribution in [2.75, 3.05) is 20.6 Å². The summed E-state index contributed by atoms with van der Waals surface area (Å²) in [6.07, 6.45) is 3.59. The first-order valence-electron chi connectivity index (χ1n) is 6.15. The van der Waals surface area contributed by atoms with Crippen LogP contribution in [-0.4, -0.2) is 41.2 Å². The van der Waals surface area contributed by atoms with Gasteiger partial charge in [0.25, 0.3) is 0 Å². The Bertz CT molecular complexity index is 411. The summed E-state index contributed by atoms with van der Waals surface area (Å²) < 4.78 is 1.71. The third-order valence-corrected chi connectivity index (χ3v) is 2.68. The lowest BCUT2D eigenvalue weighted by molar-refractivity contribution is -0.133. The van der Waals surface area contributed by atoms with Crippen molar-refractivity contribution < 1.29 is 4.79 Å². The highest BCUT2D eigenvalue weighted by atomic mass is 35.5. The van der Waals surface area contributed by atoms with Gasteiger partial charge in [-0.05, 0) is 12.5 Å². The van der Waals surface area contributed by atoms with Crippen LogP contribution >= 0.6 is 12.4 Å². The first-order chi connectivity index (χ1) is 8.24. The largest absolute Gasteiger partial charge is 0.344 e. The fourth-order valence-electron chi connectivity index (χ4n) is 2.03. The number of aromatic nitrogens is 2. The highest BCUT2D eigenvalue weighted by Crippen LogP contribution is 2.18. The van der Waals surface area contributed by atoms with E-state index in [1.807, 2.05) is 20.3 Å². The monoisotopic (exact) mass is 288 g/mol. The van der Waals surface area contributed by atoms with Crippen LogP contribution in [0.2, 0.25) is 0 Å². The zero-order valence-electron chi connectivity index (χ0n) is 12.6. The topological polar surface area (TPSA) is 50.2 Å². The van der Waals surface area contributed by atoms with Crippen LogP contribution in [0.3, 0.4) is 0 Å². The second kappa shape index (κ2) is 6.91. The fraction of sp³-hybridized carbons (Fsp3) is 0.692. The van der Waals surface area contributed by atoms with Gasteiger partial charge in [-0.15, -0.1) is 12.4 Å². The van der Waals surface area contributed by atoms with E-state index in [2.05, 4.69) is 31.2 Å². The van der Waals surface area contributed by atoms with E-state index in [0.717, 1.165) is 12.1 Å². The summed E-state index contributed by atoms with van der Waals surface area (Å²) in [5.41, 5.74) is 0.989. The molecular formula is C13H25ClN4O. The van der Waals surface area contributed by atoms with Crippen LogP contribution in [0.4, 0.5) is 0 Å². The number of halogens is 1. The second-order valence-corrected chi connectivity index (χ2v) is 5.92. The standard InChI is InChI=1S/C13H24N4O.ClH/c1-13(2,3)9-16(5)12(18)11(14-4)10-7-15-17(6)8-10;/h7-8,11,14H,9H2,1-6H3;1H. The van der Waals surface area contributed by atoms with Gasteiger partial charge in [-0.2, -0.15) is 5.10 Å². The average Bonchev–Trinajstić information content (AvgIpc) is 2.63. The minimum absolute atomic E-state index is 0. The van der Waals surface area contributed by atoms with Crippen LogP contribution in [0.5, 0.6) is 0 Å². The van der Waals surface area contributed by atoms with Crippen molar-refractivity contribution in [3.8, 4) is 0 Å². The summed E-state index contributed by atoms with van der Waals surface area (Å²) in [6.45, 7) is 7.09. The molecule has 110 valence electrons. The molecule has 1 N–H and O–H groups in total. The van der Waals surface area contributed by atoms with E-state index in [1.54, 1.807) is 22.8 Å². The van der Waals surface area contributed by atoms with Crippen molar-refractivity contribution in [2.45, 2.75) is 26.8 Å². The fourth-order valence-corrected chi connectivity index (χ4v) is 2.03. The lowest BCUT2D eigenvalue weighted by Gasteiger charge is -2.29. The Morgan fingerprint density at radius 2 is 2.11 bits per heavy atom. The first-order valence-corrected chi connectivity index (χ1v) is 6.15. The van der Waals surface area contributed by atoms with Gasteiger partial charge in [0.1, 0.15) is 6.04 Å². The van der Waals surface area contributed by atoms with E-state index >= 15 is 0 Å². The Balaban J connectivity index is 0.00000324. The second-order valence-electron chi connectivity index (χ2n) is 5.92. The molecular weight excluding hydrogens is 264 g/mol. The van der Waals surface area contributed by atoms with Crippen LogP contribution in [0.25, 0.3) is 0 Å². The maximum Gasteiger partial charge on any atom is 0.244 e. The third-order valence-electron chi connectivity index (χ3n) is 2.68. The maximum atomic E-state index is 12.4. The van der Waals surface area contributed by atoms with Gasteiger partial charge in [0, 0.05) is 32.4 Å². The molecule has 0 bridgehead atoms. The molecule has 0 aliphatic rings. The lowest BCUT2D eigenvalue weighted by atomic mass is 9.96. The minimum Gasteiger partial charge on any atom is -0.344 e. The van der Waals surface area contributed by atoms with Crippen LogP contribution in [0.15, 0.2) is 12.4 Å². The predicted octanol–water partition coefficient (Wildman–Crippen LogP) is 1.61. The summed E-state index contributed by atoms with van der Waals surface area (Å²) in [5.74, 6) is 0.0698. The molecule has 1 heterocycles. The summed E-state index contributed by atoms with van der Waals surface area (Å²) in [7, 11) is 5.48. The SMILES string of the molecule is CNC(C(=O)N(C)CC(C)(C)C)c1cnn(C)c1.Cl. The maximum absolute atomic E-state index is 12.4. The van der Waals surface area contributed by atoms with E-state index < -0.39 is 0 Å². The van der Waals surface area contributed by atoms with Crippen molar-refractivity contribution in [3.05, 3.63) is 18.0 Å². The number of hydrogen-bond donors (Lipinski definition) is 1. The van der Waals surface area contributed by atoms with E-state index in [-0.39, 0.29) is 29.8 Å². The molecule has 1 amide bonds. The number of nitrogens with zero attached hydrogens (tertiary/aromatic N) is 3. The van der Waals surface area contributed by atoms with Crippen LogP contribution in [0, 0.1) is 5.41 Å². The molecule has 0 aliphatic carbocycles. The highest BCUT2D eigenvalue weighted by molar-refractivity contribution is 5.85. The number of amides is 1. The average molecular weight is 289 g/mol. The first kappa shape index (κ1) is 17.9. The molecule has 1 aromatic heterocycles. The van der Waals surface area contributed by atoms with Crippen LogP contribution in [0.1, 0.15) is 32.4 Å². The Hall–Kier alpha value is -1.07. The number of carbonyl (C=O) groups excluding carboxylic acids is 1. The normalized spacial score (nSPS) is 12.7. The molecule has 1 aromatic rings. The Morgan fingerprint density at radius 3 is 2.47 bits per heavy atom. The minimum atomic E-state index is -0.328. The van der Waals surface area contributed by atoms with Crippen molar-refractivity contribution in [2.24, 2.45) is 12.5 Å². The molecule has 0 aliphatic heterocycles. The molecule has 0 saturated heterocycles. The molecule has 0 radical (unpaired) electrons. The smallest absolute Gasteiger partial charge is 0.244 e. The third kappa shape index (κ3) is 5.20. The summed E-state index contributed by atoms with van der Waals surface area (Å²) in [6, 6.07) is -0.328. The summed E-state index contributed by atoms with van der Waals surface area (Å²) in [4.78, 5) is 14.2. The number of rotatable bonds is 4. The van der Waals surface area contributed by atoms with E-state index in [1.165, 1.54) is 0 Å². The number of carbonyl (C=O) groups is 1. The Morgan fingerprint density at radius 1 is 1.53 bits per heavy atom. The van der Waals surface area contributed by atoms with Gasteiger partial charge >= 0.3 is 0 Å². The predicted molar refractivity (Wildman–Crippen MR) is 79.3 cm³/mol. The summed E-state index contributed by atoms with van der Waals surface area (Å²) >= 11 is 0. The molecule has 1 rings (SSSR count). The lowest BCUT2D eigenvalue weighted by Crippen LogP contribution is -2.41. The van der Waals surface area contributed by atoms with Gasteiger partial charge in [-0.3, -0.25) is 9.48 Å². The van der Waals surface area contributed by atoms with Gasteiger partial charge < -0.3 is 10.2 Å². The molecule has 6 heteroatoms. The Labute approximate surface area is 121 Å². The zero-order chi connectivity index (χ0) is 13.9. The van der Waals surface area contributed by atoms with Gasteiger partial charge in [0.05, 0.1) is 6.20 Å². The highest BCUT2D eigenvalue weighted by Gasteiger charge is 2.25. The van der Waals surface area contributed by atoms with Crippen LogP contribution < -0.4 is 5.32 Å². The van der Waals surface area contributed by atoms with E-state index in [9.17, 15) is 4.79 Å². The molecule has 1 unspecified atom stereocenters. The molecule has 0 spiro atoms. The van der Waals surface area contributed by atoms with Crippen molar-refractivity contribution in [1.29, 1.82) is 0 Å². The molecule has 19 heavy (non-hydrogen) atoms. The quantitative estimate of drug-likeness (QED) is 0.916. The molecule has 5 nitrogen and oxygen atoms in total. The molecule has 0 fully saturated rings. The molecule has 0 saturated carbocycles. The van der Waals surface area contributed by atoms with Gasteiger partial charge in [0.15, 0.2) is 0 Å².